The molecule has 0 aliphatic rings. The third-order valence-corrected chi connectivity index (χ3v) is 3.95. The second-order valence-corrected chi connectivity index (χ2v) is 5.35. The number of esters is 1. The minimum absolute atomic E-state index is 0.283. The minimum Gasteiger partial charge on any atom is -0.508 e. The molecule has 0 bridgehead atoms. The van der Waals surface area contributed by atoms with E-state index in [9.17, 15) is 9.90 Å². The van der Waals surface area contributed by atoms with Gasteiger partial charge in [0.2, 0.25) is 0 Å². The molecule has 0 aliphatic carbocycles. The molecule has 1 aromatic carbocycles. The van der Waals surface area contributed by atoms with E-state index in [1.54, 1.807) is 6.07 Å². The summed E-state index contributed by atoms with van der Waals surface area (Å²) in [4.78, 5) is 12.1. The number of aromatic hydroxyl groups is 1. The Labute approximate surface area is 104 Å². The maximum absolute atomic E-state index is 11.1. The number of rotatable bonds is 1. The fourth-order valence-electron chi connectivity index (χ4n) is 1.92. The van der Waals surface area contributed by atoms with Gasteiger partial charge in [0.15, 0.2) is 5.75 Å². The van der Waals surface area contributed by atoms with Crippen molar-refractivity contribution in [1.82, 2.24) is 0 Å². The van der Waals surface area contributed by atoms with Crippen molar-refractivity contribution in [2.75, 3.05) is 0 Å². The number of carbonyl (C=O) groups is 1. The van der Waals surface area contributed by atoms with Gasteiger partial charge >= 0.3 is 5.97 Å². The van der Waals surface area contributed by atoms with Gasteiger partial charge in [0.25, 0.3) is 0 Å². The highest BCUT2D eigenvalue weighted by molar-refractivity contribution is 7.19. The van der Waals surface area contributed by atoms with Crippen LogP contribution in [0.2, 0.25) is 0 Å². The Morgan fingerprint density at radius 2 is 2.00 bits per heavy atom. The lowest BCUT2D eigenvalue weighted by Gasteiger charge is -2.06. The zero-order valence-corrected chi connectivity index (χ0v) is 11.1. The number of benzene rings is 1. The fourth-order valence-corrected chi connectivity index (χ4v) is 3.08. The van der Waals surface area contributed by atoms with Crippen molar-refractivity contribution >= 4 is 27.4 Å². The summed E-state index contributed by atoms with van der Waals surface area (Å²) in [5, 5.41) is 10.7. The zero-order chi connectivity index (χ0) is 12.7. The second kappa shape index (κ2) is 4.04. The summed E-state index contributed by atoms with van der Waals surface area (Å²) in [6, 6.07) is 1.71. The molecule has 1 aromatic heterocycles. The lowest BCUT2D eigenvalue weighted by molar-refractivity contribution is -0.131. The van der Waals surface area contributed by atoms with E-state index in [1.807, 2.05) is 20.8 Å². The molecule has 1 N–H and O–H groups in total. The van der Waals surface area contributed by atoms with E-state index in [1.165, 1.54) is 18.3 Å². The van der Waals surface area contributed by atoms with Crippen LogP contribution in [0, 0.1) is 20.8 Å². The third kappa shape index (κ3) is 1.89. The van der Waals surface area contributed by atoms with Crippen molar-refractivity contribution in [3.05, 3.63) is 22.1 Å². The number of carbonyl (C=O) groups excluding carboxylic acids is 1. The van der Waals surface area contributed by atoms with Crippen LogP contribution in [0.4, 0.5) is 0 Å². The molecule has 0 aliphatic heterocycles. The van der Waals surface area contributed by atoms with E-state index >= 15 is 0 Å². The van der Waals surface area contributed by atoms with Gasteiger partial charge in [-0.05, 0) is 32.4 Å². The summed E-state index contributed by atoms with van der Waals surface area (Å²) in [5.41, 5.74) is 1.75. The quantitative estimate of drug-likeness (QED) is 0.788. The van der Waals surface area contributed by atoms with Crippen molar-refractivity contribution in [2.24, 2.45) is 0 Å². The first kappa shape index (κ1) is 11.9. The van der Waals surface area contributed by atoms with Crippen LogP contribution in [-0.4, -0.2) is 11.1 Å². The first-order chi connectivity index (χ1) is 7.91. The van der Waals surface area contributed by atoms with Crippen LogP contribution >= 0.6 is 11.3 Å². The predicted octanol–water partition coefficient (Wildman–Crippen LogP) is 3.46. The van der Waals surface area contributed by atoms with Gasteiger partial charge in [-0.25, -0.2) is 0 Å². The van der Waals surface area contributed by atoms with E-state index in [0.29, 0.717) is 5.75 Å². The predicted molar refractivity (Wildman–Crippen MR) is 69.0 cm³/mol. The molecule has 0 atom stereocenters. The summed E-state index contributed by atoms with van der Waals surface area (Å²) < 4.78 is 6.25. The standard InChI is InChI=1S/C13H14O3S/c1-6-5-10(15)7(2)13-11(6)12(8(3)17-13)16-9(4)14/h5,15H,1-4H3. The summed E-state index contributed by atoms with van der Waals surface area (Å²) in [7, 11) is 0. The molecular weight excluding hydrogens is 236 g/mol. The molecule has 0 unspecified atom stereocenters. The highest BCUT2D eigenvalue weighted by atomic mass is 32.1. The molecule has 0 amide bonds. The van der Waals surface area contributed by atoms with Crippen LogP contribution in [0.15, 0.2) is 6.07 Å². The SMILES string of the molecule is CC(=O)Oc1c(C)sc2c(C)c(O)cc(C)c12. The van der Waals surface area contributed by atoms with Gasteiger partial charge in [-0.2, -0.15) is 0 Å². The Balaban J connectivity index is 2.82. The number of aryl methyl sites for hydroxylation is 3. The van der Waals surface area contributed by atoms with E-state index in [0.717, 1.165) is 26.1 Å². The summed E-state index contributed by atoms with van der Waals surface area (Å²) in [6.07, 6.45) is 0. The Hall–Kier alpha value is -1.55. The smallest absolute Gasteiger partial charge is 0.308 e. The largest absolute Gasteiger partial charge is 0.508 e. The zero-order valence-electron chi connectivity index (χ0n) is 10.2. The van der Waals surface area contributed by atoms with Crippen molar-refractivity contribution in [1.29, 1.82) is 0 Å². The highest BCUT2D eigenvalue weighted by Gasteiger charge is 2.17. The third-order valence-electron chi connectivity index (χ3n) is 2.75. The van der Waals surface area contributed by atoms with E-state index in [-0.39, 0.29) is 11.7 Å². The molecule has 2 rings (SSSR count). The topological polar surface area (TPSA) is 46.5 Å². The van der Waals surface area contributed by atoms with Crippen molar-refractivity contribution in [3.8, 4) is 11.5 Å². The molecule has 90 valence electrons. The first-order valence-electron chi connectivity index (χ1n) is 5.32. The van der Waals surface area contributed by atoms with E-state index in [2.05, 4.69) is 0 Å². The normalized spacial score (nSPS) is 10.8. The van der Waals surface area contributed by atoms with Gasteiger partial charge < -0.3 is 9.84 Å². The summed E-state index contributed by atoms with van der Waals surface area (Å²) >= 11 is 1.54. The van der Waals surface area contributed by atoms with Crippen LogP contribution in [0.1, 0.15) is 22.9 Å². The molecule has 17 heavy (non-hydrogen) atoms. The van der Waals surface area contributed by atoms with Gasteiger partial charge in [0, 0.05) is 27.5 Å². The number of hydrogen-bond donors (Lipinski definition) is 1. The van der Waals surface area contributed by atoms with Crippen molar-refractivity contribution < 1.29 is 14.6 Å². The van der Waals surface area contributed by atoms with Crippen molar-refractivity contribution in [3.63, 3.8) is 0 Å². The van der Waals surface area contributed by atoms with E-state index in [4.69, 9.17) is 4.74 Å². The van der Waals surface area contributed by atoms with Crippen LogP contribution in [0.25, 0.3) is 10.1 Å². The number of thiophene rings is 1. The Morgan fingerprint density at radius 1 is 1.35 bits per heavy atom. The van der Waals surface area contributed by atoms with Crippen LogP contribution in [0.3, 0.4) is 0 Å². The van der Waals surface area contributed by atoms with Crippen LogP contribution in [0.5, 0.6) is 11.5 Å². The molecule has 4 heteroatoms. The number of hydrogen-bond acceptors (Lipinski definition) is 4. The van der Waals surface area contributed by atoms with Crippen LogP contribution < -0.4 is 4.74 Å². The van der Waals surface area contributed by atoms with Crippen molar-refractivity contribution in [2.45, 2.75) is 27.7 Å². The molecular formula is C13H14O3S. The Kier molecular flexibility index (Phi) is 2.83. The highest BCUT2D eigenvalue weighted by Crippen LogP contribution is 2.43. The number of phenols is 1. The minimum atomic E-state index is -0.321. The molecule has 0 fully saturated rings. The Morgan fingerprint density at radius 3 is 2.59 bits per heavy atom. The van der Waals surface area contributed by atoms with Crippen LogP contribution in [-0.2, 0) is 4.79 Å². The second-order valence-electron chi connectivity index (χ2n) is 4.12. The molecule has 0 saturated carbocycles. The van der Waals surface area contributed by atoms with Gasteiger partial charge in [-0.1, -0.05) is 0 Å². The Bertz CT molecular complexity index is 611. The molecule has 0 radical (unpaired) electrons. The monoisotopic (exact) mass is 250 g/mol. The molecule has 0 saturated heterocycles. The maximum Gasteiger partial charge on any atom is 0.308 e. The summed E-state index contributed by atoms with van der Waals surface area (Å²) in [6.45, 7) is 7.08. The molecule has 2 aromatic rings. The average molecular weight is 250 g/mol. The maximum atomic E-state index is 11.1. The average Bonchev–Trinajstić information content (AvgIpc) is 2.53. The number of ether oxygens (including phenoxy) is 1. The summed E-state index contributed by atoms with van der Waals surface area (Å²) in [5.74, 6) is 0.585. The van der Waals surface area contributed by atoms with Gasteiger partial charge in [-0.15, -0.1) is 11.3 Å². The lowest BCUT2D eigenvalue weighted by Crippen LogP contribution is -2.01. The number of phenolic OH excluding ortho intramolecular Hbond substituents is 1. The molecule has 3 nitrogen and oxygen atoms in total. The number of fused-ring (bicyclic) bond motifs is 1. The van der Waals surface area contributed by atoms with E-state index < -0.39 is 0 Å². The first-order valence-corrected chi connectivity index (χ1v) is 6.14. The molecule has 0 spiro atoms. The van der Waals surface area contributed by atoms with Gasteiger partial charge in [0.1, 0.15) is 5.75 Å². The van der Waals surface area contributed by atoms with Gasteiger partial charge in [-0.3, -0.25) is 4.79 Å². The van der Waals surface area contributed by atoms with Gasteiger partial charge in [0.05, 0.1) is 0 Å². The molecule has 1 heterocycles. The lowest BCUT2D eigenvalue weighted by atomic mass is 10.1. The fraction of sp³-hybridized carbons (Fsp3) is 0.308.